The molecule has 2 aliphatic heterocycles. The Morgan fingerprint density at radius 3 is 2.69 bits per heavy atom. The van der Waals surface area contributed by atoms with Gasteiger partial charge in [-0.3, -0.25) is 0 Å². The minimum Gasteiger partial charge on any atom is -0.444 e. The van der Waals surface area contributed by atoms with Gasteiger partial charge in [0, 0.05) is 6.04 Å². The molecular weight excluding hydrogens is 206 g/mol. The molecule has 4 nitrogen and oxygen atoms in total. The summed E-state index contributed by atoms with van der Waals surface area (Å²) < 4.78 is 11.0. The Labute approximate surface area is 96.9 Å². The lowest BCUT2D eigenvalue weighted by atomic mass is 9.93. The SMILES string of the molecule is C[C@@H]1C[C@]2(C)O[C@@H]2CN1C(=O)OC(C)(C)C. The van der Waals surface area contributed by atoms with Crippen molar-refractivity contribution in [2.75, 3.05) is 6.54 Å². The lowest BCUT2D eigenvalue weighted by molar-refractivity contribution is 0.0127. The molecule has 0 N–H and O–H groups in total. The zero-order valence-corrected chi connectivity index (χ0v) is 10.7. The minimum absolute atomic E-state index is 0.0118. The fourth-order valence-electron chi connectivity index (χ4n) is 2.33. The van der Waals surface area contributed by atoms with Crippen LogP contribution in [-0.2, 0) is 9.47 Å². The summed E-state index contributed by atoms with van der Waals surface area (Å²) in [4.78, 5) is 13.7. The number of carbonyl (C=O) groups is 1. The highest BCUT2D eigenvalue weighted by molar-refractivity contribution is 5.69. The Morgan fingerprint density at radius 1 is 1.50 bits per heavy atom. The summed E-state index contributed by atoms with van der Waals surface area (Å²) in [6.45, 7) is 10.5. The van der Waals surface area contributed by atoms with Crippen LogP contribution in [0.15, 0.2) is 0 Å². The molecule has 0 aliphatic carbocycles. The number of likely N-dealkylation sites (tertiary alicyclic amines) is 1. The van der Waals surface area contributed by atoms with Gasteiger partial charge in [0.1, 0.15) is 11.7 Å². The Hall–Kier alpha value is -0.770. The van der Waals surface area contributed by atoms with Crippen molar-refractivity contribution in [1.29, 1.82) is 0 Å². The topological polar surface area (TPSA) is 42.1 Å². The molecule has 1 amide bonds. The van der Waals surface area contributed by atoms with E-state index in [-0.39, 0.29) is 23.8 Å². The summed E-state index contributed by atoms with van der Waals surface area (Å²) in [6.07, 6.45) is 0.880. The summed E-state index contributed by atoms with van der Waals surface area (Å²) in [5, 5.41) is 0. The fourth-order valence-corrected chi connectivity index (χ4v) is 2.33. The Bertz CT molecular complexity index is 310. The van der Waals surface area contributed by atoms with Crippen LogP contribution in [0.3, 0.4) is 0 Å². The van der Waals surface area contributed by atoms with Gasteiger partial charge >= 0.3 is 6.09 Å². The van der Waals surface area contributed by atoms with Crippen LogP contribution in [-0.4, -0.2) is 40.9 Å². The smallest absolute Gasteiger partial charge is 0.410 e. The average molecular weight is 227 g/mol. The van der Waals surface area contributed by atoms with Crippen LogP contribution in [0.2, 0.25) is 0 Å². The number of ether oxygens (including phenoxy) is 2. The van der Waals surface area contributed by atoms with E-state index in [0.717, 1.165) is 6.42 Å². The number of rotatable bonds is 0. The zero-order chi connectivity index (χ0) is 12.1. The predicted octanol–water partition coefficient (Wildman–Crippen LogP) is 2.17. The van der Waals surface area contributed by atoms with Crippen LogP contribution in [0, 0.1) is 0 Å². The van der Waals surface area contributed by atoms with Crippen LogP contribution in [0.4, 0.5) is 4.79 Å². The highest BCUT2D eigenvalue weighted by Gasteiger charge is 2.58. The highest BCUT2D eigenvalue weighted by Crippen LogP contribution is 2.45. The first-order valence-electron chi connectivity index (χ1n) is 5.89. The number of epoxide rings is 1. The molecule has 2 heterocycles. The third kappa shape index (κ3) is 2.17. The van der Waals surface area contributed by atoms with Gasteiger partial charge in [-0.25, -0.2) is 4.79 Å². The second-order valence-corrected chi connectivity index (χ2v) is 6.11. The van der Waals surface area contributed by atoms with E-state index in [9.17, 15) is 4.79 Å². The normalized spacial score (nSPS) is 37.9. The molecule has 4 heteroatoms. The average Bonchev–Trinajstić information content (AvgIpc) is 2.69. The molecule has 2 fully saturated rings. The van der Waals surface area contributed by atoms with E-state index in [1.807, 2.05) is 27.7 Å². The molecule has 3 atom stereocenters. The molecule has 0 aromatic rings. The van der Waals surface area contributed by atoms with Crippen molar-refractivity contribution in [1.82, 2.24) is 4.90 Å². The standard InChI is InChI=1S/C12H21NO3/c1-8-6-12(5)9(15-12)7-13(8)10(14)16-11(2,3)4/h8-9H,6-7H2,1-5H3/t8-,9-,12+/m1/s1. The second kappa shape index (κ2) is 3.36. The summed E-state index contributed by atoms with van der Waals surface area (Å²) in [6, 6.07) is 0.193. The first-order chi connectivity index (χ1) is 7.21. The molecule has 0 spiro atoms. The summed E-state index contributed by atoms with van der Waals surface area (Å²) in [5.74, 6) is 0. The molecule has 92 valence electrons. The predicted molar refractivity (Wildman–Crippen MR) is 60.3 cm³/mol. The molecular formula is C12H21NO3. The van der Waals surface area contributed by atoms with Crippen molar-refractivity contribution in [3.05, 3.63) is 0 Å². The molecule has 2 rings (SSSR count). The molecule has 0 bridgehead atoms. The number of carbonyl (C=O) groups excluding carboxylic acids is 1. The van der Waals surface area contributed by atoms with Crippen LogP contribution >= 0.6 is 0 Å². The monoisotopic (exact) mass is 227 g/mol. The van der Waals surface area contributed by atoms with Gasteiger partial charge < -0.3 is 14.4 Å². The summed E-state index contributed by atoms with van der Waals surface area (Å²) in [5.41, 5.74) is -0.417. The van der Waals surface area contributed by atoms with Gasteiger partial charge in [-0.1, -0.05) is 0 Å². The fraction of sp³-hybridized carbons (Fsp3) is 0.917. The van der Waals surface area contributed by atoms with E-state index in [4.69, 9.17) is 9.47 Å². The molecule has 0 unspecified atom stereocenters. The Kier molecular flexibility index (Phi) is 2.46. The molecule has 0 aromatic carbocycles. The van der Waals surface area contributed by atoms with E-state index < -0.39 is 5.60 Å². The second-order valence-electron chi connectivity index (χ2n) is 6.11. The molecule has 2 saturated heterocycles. The molecule has 16 heavy (non-hydrogen) atoms. The first-order valence-corrected chi connectivity index (χ1v) is 5.89. The molecule has 0 saturated carbocycles. The number of fused-ring (bicyclic) bond motifs is 1. The van der Waals surface area contributed by atoms with Gasteiger partial charge in [0.2, 0.25) is 0 Å². The lowest BCUT2D eigenvalue weighted by Gasteiger charge is -2.35. The van der Waals surface area contributed by atoms with Crippen molar-refractivity contribution in [2.24, 2.45) is 0 Å². The van der Waals surface area contributed by atoms with Crippen LogP contribution < -0.4 is 0 Å². The number of hydrogen-bond donors (Lipinski definition) is 0. The summed E-state index contributed by atoms with van der Waals surface area (Å²) in [7, 11) is 0. The Morgan fingerprint density at radius 2 is 2.12 bits per heavy atom. The maximum Gasteiger partial charge on any atom is 0.410 e. The highest BCUT2D eigenvalue weighted by atomic mass is 16.6. The van der Waals surface area contributed by atoms with Gasteiger partial charge in [0.25, 0.3) is 0 Å². The van der Waals surface area contributed by atoms with E-state index >= 15 is 0 Å². The lowest BCUT2D eigenvalue weighted by Crippen LogP contribution is -2.49. The third-order valence-electron chi connectivity index (χ3n) is 3.26. The van der Waals surface area contributed by atoms with Gasteiger partial charge in [0.15, 0.2) is 0 Å². The van der Waals surface area contributed by atoms with E-state index in [1.54, 1.807) is 4.90 Å². The van der Waals surface area contributed by atoms with Gasteiger partial charge in [-0.2, -0.15) is 0 Å². The molecule has 0 aromatic heterocycles. The number of hydrogen-bond acceptors (Lipinski definition) is 3. The van der Waals surface area contributed by atoms with Crippen molar-refractivity contribution in [3.8, 4) is 0 Å². The zero-order valence-electron chi connectivity index (χ0n) is 10.7. The minimum atomic E-state index is -0.429. The van der Waals surface area contributed by atoms with Gasteiger partial charge in [-0.05, 0) is 41.0 Å². The van der Waals surface area contributed by atoms with E-state index in [1.165, 1.54) is 0 Å². The number of piperidine rings is 1. The van der Waals surface area contributed by atoms with Crippen LogP contribution in [0.1, 0.15) is 41.0 Å². The number of nitrogens with zero attached hydrogens (tertiary/aromatic N) is 1. The Balaban J connectivity index is 1.97. The molecule has 0 radical (unpaired) electrons. The van der Waals surface area contributed by atoms with E-state index in [0.29, 0.717) is 6.54 Å². The summed E-state index contributed by atoms with van der Waals surface area (Å²) >= 11 is 0. The third-order valence-corrected chi connectivity index (χ3v) is 3.26. The quantitative estimate of drug-likeness (QED) is 0.596. The van der Waals surface area contributed by atoms with Gasteiger partial charge in [-0.15, -0.1) is 0 Å². The van der Waals surface area contributed by atoms with Crippen LogP contribution in [0.5, 0.6) is 0 Å². The van der Waals surface area contributed by atoms with E-state index in [2.05, 4.69) is 6.92 Å². The van der Waals surface area contributed by atoms with Crippen molar-refractivity contribution < 1.29 is 14.3 Å². The largest absolute Gasteiger partial charge is 0.444 e. The maximum absolute atomic E-state index is 11.9. The molecule has 2 aliphatic rings. The van der Waals surface area contributed by atoms with Crippen molar-refractivity contribution >= 4 is 6.09 Å². The first kappa shape index (κ1) is 11.7. The number of amides is 1. The van der Waals surface area contributed by atoms with Crippen LogP contribution in [0.25, 0.3) is 0 Å². The maximum atomic E-state index is 11.9. The van der Waals surface area contributed by atoms with Crippen molar-refractivity contribution in [3.63, 3.8) is 0 Å². The van der Waals surface area contributed by atoms with Gasteiger partial charge in [0.05, 0.1) is 12.1 Å². The van der Waals surface area contributed by atoms with Crippen molar-refractivity contribution in [2.45, 2.75) is 64.4 Å².